The van der Waals surface area contributed by atoms with Gasteiger partial charge in [0, 0.05) is 22.0 Å². The van der Waals surface area contributed by atoms with Crippen molar-refractivity contribution in [1.82, 2.24) is 4.90 Å². The monoisotopic (exact) mass is 385 g/mol. The summed E-state index contributed by atoms with van der Waals surface area (Å²) in [4.78, 5) is 2.15. The van der Waals surface area contributed by atoms with Gasteiger partial charge in [-0.05, 0) is 42.4 Å². The highest BCUT2D eigenvalue weighted by atomic mass is 79.9. The van der Waals surface area contributed by atoms with Crippen LogP contribution in [0.4, 0.5) is 4.39 Å². The van der Waals surface area contributed by atoms with Crippen molar-refractivity contribution in [3.8, 4) is 0 Å². The Bertz CT molecular complexity index is 552. The second kappa shape index (κ2) is 6.64. The van der Waals surface area contributed by atoms with Crippen LogP contribution in [0.3, 0.4) is 0 Å². The Balaban J connectivity index is 2.05. The van der Waals surface area contributed by atoms with Crippen molar-refractivity contribution in [2.45, 2.75) is 13.1 Å². The van der Waals surface area contributed by atoms with Crippen molar-refractivity contribution in [2.75, 3.05) is 7.05 Å². The Kier molecular flexibility index (Phi) is 5.13. The van der Waals surface area contributed by atoms with Gasteiger partial charge in [-0.1, -0.05) is 50.1 Å². The average Bonchev–Trinajstić information content (AvgIpc) is 2.30. The zero-order valence-electron chi connectivity index (χ0n) is 10.5. The van der Waals surface area contributed by atoms with Gasteiger partial charge in [-0.2, -0.15) is 0 Å². The van der Waals surface area contributed by atoms with Gasteiger partial charge >= 0.3 is 0 Å². The molecule has 100 valence electrons. The third kappa shape index (κ3) is 4.41. The van der Waals surface area contributed by atoms with Crippen LogP contribution in [0.25, 0.3) is 0 Å². The van der Waals surface area contributed by atoms with Gasteiger partial charge in [-0.15, -0.1) is 0 Å². The molecule has 0 aliphatic carbocycles. The molecule has 19 heavy (non-hydrogen) atoms. The Labute approximate surface area is 129 Å². The molecule has 0 aromatic heterocycles. The molecule has 0 heterocycles. The first-order valence-electron chi connectivity index (χ1n) is 5.91. The van der Waals surface area contributed by atoms with E-state index in [-0.39, 0.29) is 5.82 Å². The van der Waals surface area contributed by atoms with E-state index >= 15 is 0 Å². The number of hydrogen-bond acceptors (Lipinski definition) is 1. The van der Waals surface area contributed by atoms with Crippen LogP contribution < -0.4 is 0 Å². The first kappa shape index (κ1) is 14.7. The second-order valence-corrected chi connectivity index (χ2v) is 6.31. The van der Waals surface area contributed by atoms with E-state index in [1.807, 2.05) is 31.3 Å². The molecule has 0 saturated heterocycles. The molecule has 0 N–H and O–H groups in total. The number of benzene rings is 2. The quantitative estimate of drug-likeness (QED) is 0.715. The molecular weight excluding hydrogens is 373 g/mol. The minimum absolute atomic E-state index is 0.210. The van der Waals surface area contributed by atoms with Gasteiger partial charge in [-0.25, -0.2) is 4.39 Å². The fourth-order valence-electron chi connectivity index (χ4n) is 1.99. The third-order valence-corrected chi connectivity index (χ3v) is 4.00. The third-order valence-electron chi connectivity index (χ3n) is 2.77. The molecule has 0 fully saturated rings. The Morgan fingerprint density at radius 1 is 1.05 bits per heavy atom. The predicted molar refractivity (Wildman–Crippen MR) is 83.4 cm³/mol. The first-order valence-corrected chi connectivity index (χ1v) is 7.50. The van der Waals surface area contributed by atoms with E-state index in [0.717, 1.165) is 21.1 Å². The van der Waals surface area contributed by atoms with E-state index in [2.05, 4.69) is 42.8 Å². The summed E-state index contributed by atoms with van der Waals surface area (Å²) in [7, 11) is 2.03. The topological polar surface area (TPSA) is 3.24 Å². The minimum Gasteiger partial charge on any atom is -0.298 e. The van der Waals surface area contributed by atoms with Gasteiger partial charge in [0.15, 0.2) is 0 Å². The smallest absolute Gasteiger partial charge is 0.124 e. The molecule has 0 unspecified atom stereocenters. The van der Waals surface area contributed by atoms with Crippen LogP contribution in [0.5, 0.6) is 0 Å². The lowest BCUT2D eigenvalue weighted by Gasteiger charge is -2.18. The van der Waals surface area contributed by atoms with Gasteiger partial charge in [0.1, 0.15) is 5.82 Å². The molecule has 4 heteroatoms. The molecule has 0 saturated carbocycles. The molecule has 0 bridgehead atoms. The van der Waals surface area contributed by atoms with E-state index < -0.39 is 0 Å². The maximum atomic E-state index is 13.3. The van der Waals surface area contributed by atoms with Crippen molar-refractivity contribution in [1.29, 1.82) is 0 Å². The molecule has 2 aromatic carbocycles. The fourth-order valence-corrected chi connectivity index (χ4v) is 2.91. The summed E-state index contributed by atoms with van der Waals surface area (Å²) >= 11 is 6.85. The van der Waals surface area contributed by atoms with Crippen molar-refractivity contribution in [2.24, 2.45) is 0 Å². The summed E-state index contributed by atoms with van der Waals surface area (Å²) in [6.45, 7) is 1.52. The zero-order chi connectivity index (χ0) is 13.8. The number of rotatable bonds is 4. The lowest BCUT2D eigenvalue weighted by Crippen LogP contribution is -2.17. The van der Waals surface area contributed by atoms with E-state index in [0.29, 0.717) is 6.54 Å². The fraction of sp³-hybridized carbons (Fsp3) is 0.200. The second-order valence-electron chi connectivity index (χ2n) is 4.54. The molecule has 0 spiro atoms. The van der Waals surface area contributed by atoms with Crippen molar-refractivity contribution in [3.05, 3.63) is 68.4 Å². The summed E-state index contributed by atoms with van der Waals surface area (Å²) in [6.07, 6.45) is 0. The van der Waals surface area contributed by atoms with E-state index in [1.165, 1.54) is 11.6 Å². The Morgan fingerprint density at radius 3 is 2.47 bits per heavy atom. The molecule has 0 atom stereocenters. The summed E-state index contributed by atoms with van der Waals surface area (Å²) in [5.74, 6) is -0.210. The lowest BCUT2D eigenvalue weighted by molar-refractivity contribution is 0.318. The summed E-state index contributed by atoms with van der Waals surface area (Å²) in [5, 5.41) is 0. The maximum Gasteiger partial charge on any atom is 0.124 e. The molecule has 2 rings (SSSR count). The van der Waals surface area contributed by atoms with E-state index in [1.54, 1.807) is 6.07 Å². The zero-order valence-corrected chi connectivity index (χ0v) is 13.7. The number of halogens is 3. The molecule has 0 radical (unpaired) electrons. The summed E-state index contributed by atoms with van der Waals surface area (Å²) < 4.78 is 15.2. The van der Waals surface area contributed by atoms with Gasteiger partial charge in [-0.3, -0.25) is 4.90 Å². The lowest BCUT2D eigenvalue weighted by atomic mass is 10.2. The molecular formula is C15H14Br2FN. The maximum absolute atomic E-state index is 13.3. The van der Waals surface area contributed by atoms with Gasteiger partial charge in [0.2, 0.25) is 0 Å². The first-order chi connectivity index (χ1) is 9.04. The molecule has 0 amide bonds. The minimum atomic E-state index is -0.210. The standard InChI is InChI=1S/C15H14Br2FN/c1-19(10-12-4-2-3-5-15(12)17)9-11-6-13(16)8-14(18)7-11/h2-8H,9-10H2,1H3. The van der Waals surface area contributed by atoms with Crippen LogP contribution >= 0.6 is 31.9 Å². The Hall–Kier alpha value is -0.710. The predicted octanol–water partition coefficient (Wildman–Crippen LogP) is 4.98. The molecule has 2 aromatic rings. The van der Waals surface area contributed by atoms with E-state index in [9.17, 15) is 4.39 Å². The van der Waals surface area contributed by atoms with Crippen LogP contribution in [0.2, 0.25) is 0 Å². The molecule has 0 aliphatic heterocycles. The van der Waals surface area contributed by atoms with Crippen LogP contribution in [0.15, 0.2) is 51.4 Å². The average molecular weight is 387 g/mol. The highest BCUT2D eigenvalue weighted by molar-refractivity contribution is 9.10. The number of nitrogens with zero attached hydrogens (tertiary/aromatic N) is 1. The van der Waals surface area contributed by atoms with Crippen LogP contribution in [-0.2, 0) is 13.1 Å². The van der Waals surface area contributed by atoms with Gasteiger partial charge in [0.25, 0.3) is 0 Å². The normalized spacial score (nSPS) is 11.0. The number of hydrogen-bond donors (Lipinski definition) is 0. The van der Waals surface area contributed by atoms with Gasteiger partial charge < -0.3 is 0 Å². The SMILES string of the molecule is CN(Cc1cc(F)cc(Br)c1)Cc1ccccc1Br. The van der Waals surface area contributed by atoms with Crippen LogP contribution in [0, 0.1) is 5.82 Å². The van der Waals surface area contributed by atoms with Crippen molar-refractivity contribution < 1.29 is 4.39 Å². The molecule has 0 aliphatic rings. The highest BCUT2D eigenvalue weighted by Gasteiger charge is 2.06. The summed E-state index contributed by atoms with van der Waals surface area (Å²) in [6, 6.07) is 13.1. The van der Waals surface area contributed by atoms with Crippen LogP contribution in [-0.4, -0.2) is 11.9 Å². The van der Waals surface area contributed by atoms with Gasteiger partial charge in [0.05, 0.1) is 0 Å². The van der Waals surface area contributed by atoms with E-state index in [4.69, 9.17) is 0 Å². The van der Waals surface area contributed by atoms with Crippen LogP contribution in [0.1, 0.15) is 11.1 Å². The van der Waals surface area contributed by atoms with Crippen molar-refractivity contribution >= 4 is 31.9 Å². The Morgan fingerprint density at radius 2 is 1.79 bits per heavy atom. The van der Waals surface area contributed by atoms with Crippen molar-refractivity contribution in [3.63, 3.8) is 0 Å². The summed E-state index contributed by atoms with van der Waals surface area (Å²) in [5.41, 5.74) is 2.18. The largest absolute Gasteiger partial charge is 0.298 e. The highest BCUT2D eigenvalue weighted by Crippen LogP contribution is 2.20. The molecule has 1 nitrogen and oxygen atoms in total.